The summed E-state index contributed by atoms with van der Waals surface area (Å²) in [5.41, 5.74) is 6.09. The van der Waals surface area contributed by atoms with E-state index >= 15 is 0 Å². The quantitative estimate of drug-likeness (QED) is 0.232. The molecule has 0 aromatic heterocycles. The Hall–Kier alpha value is -4.31. The number of aliphatic imine (C=N–C) groups is 2. The summed E-state index contributed by atoms with van der Waals surface area (Å²) in [6, 6.07) is 33.2. The molecule has 33 heavy (non-hydrogen) atoms. The molecule has 4 aromatic rings. The summed E-state index contributed by atoms with van der Waals surface area (Å²) in [5, 5.41) is 0. The summed E-state index contributed by atoms with van der Waals surface area (Å²) in [4.78, 5) is 21.4. The van der Waals surface area contributed by atoms with Crippen LogP contribution in [-0.4, -0.2) is 25.0 Å². The van der Waals surface area contributed by atoms with E-state index in [1.54, 1.807) is 19.1 Å². The fraction of sp³-hybridized carbons (Fsp3) is 0.0690. The van der Waals surface area contributed by atoms with Gasteiger partial charge in [-0.25, -0.2) is 4.79 Å². The lowest BCUT2D eigenvalue weighted by Crippen LogP contribution is -2.03. The van der Waals surface area contributed by atoms with E-state index in [2.05, 4.69) is 4.99 Å². The number of hydrogen-bond acceptors (Lipinski definition) is 4. The van der Waals surface area contributed by atoms with Crippen LogP contribution in [0.1, 0.15) is 28.4 Å². The minimum absolute atomic E-state index is 0.326. The molecule has 4 nitrogen and oxygen atoms in total. The highest BCUT2D eigenvalue weighted by atomic mass is 16.5. The largest absolute Gasteiger partial charge is 0.462 e. The van der Waals surface area contributed by atoms with Crippen molar-refractivity contribution < 1.29 is 9.53 Å². The molecule has 0 saturated heterocycles. The van der Waals surface area contributed by atoms with E-state index in [0.717, 1.165) is 33.6 Å². The molecule has 162 valence electrons. The number of rotatable bonds is 7. The van der Waals surface area contributed by atoms with Gasteiger partial charge in [0.25, 0.3) is 0 Å². The molecule has 4 heteroatoms. The zero-order chi connectivity index (χ0) is 22.9. The summed E-state index contributed by atoms with van der Waals surface area (Å²) in [6.07, 6.45) is 3.69. The number of nitrogens with zero attached hydrogens (tertiary/aromatic N) is 2. The minimum Gasteiger partial charge on any atom is -0.462 e. The first-order valence-electron chi connectivity index (χ1n) is 10.8. The van der Waals surface area contributed by atoms with Gasteiger partial charge in [-0.2, -0.15) is 0 Å². The first kappa shape index (κ1) is 21.9. The highest BCUT2D eigenvalue weighted by Crippen LogP contribution is 2.34. The van der Waals surface area contributed by atoms with Crippen LogP contribution in [0.3, 0.4) is 0 Å². The third kappa shape index (κ3) is 5.89. The normalized spacial score (nSPS) is 11.2. The third-order valence-corrected chi connectivity index (χ3v) is 5.00. The minimum atomic E-state index is -0.326. The maximum Gasteiger partial charge on any atom is 0.338 e. The Morgan fingerprint density at radius 2 is 1.36 bits per heavy atom. The number of esters is 1. The first-order chi connectivity index (χ1) is 16.2. The Morgan fingerprint density at radius 3 is 1.97 bits per heavy atom. The van der Waals surface area contributed by atoms with E-state index in [1.807, 2.05) is 103 Å². The van der Waals surface area contributed by atoms with Crippen LogP contribution in [0.15, 0.2) is 113 Å². The molecule has 0 radical (unpaired) electrons. The molecule has 0 heterocycles. The van der Waals surface area contributed by atoms with Crippen LogP contribution in [0.2, 0.25) is 0 Å². The van der Waals surface area contributed by atoms with Crippen molar-refractivity contribution in [3.05, 3.63) is 120 Å². The Labute approximate surface area is 193 Å². The predicted molar refractivity (Wildman–Crippen MR) is 135 cm³/mol. The van der Waals surface area contributed by atoms with Gasteiger partial charge in [-0.1, -0.05) is 72.8 Å². The fourth-order valence-electron chi connectivity index (χ4n) is 3.32. The van der Waals surface area contributed by atoms with Gasteiger partial charge in [0.2, 0.25) is 0 Å². The van der Waals surface area contributed by atoms with Crippen LogP contribution in [0.25, 0.3) is 11.1 Å². The zero-order valence-electron chi connectivity index (χ0n) is 18.4. The van der Waals surface area contributed by atoms with Crippen LogP contribution in [0.4, 0.5) is 11.4 Å². The molecular weight excluding hydrogens is 408 g/mol. The van der Waals surface area contributed by atoms with Gasteiger partial charge in [0.1, 0.15) is 0 Å². The summed E-state index contributed by atoms with van der Waals surface area (Å²) in [7, 11) is 0. The number of hydrogen-bond donors (Lipinski definition) is 0. The SMILES string of the molecule is CCOC(=O)c1ccc(-c2cc(N=Cc3ccccc3)ccc2N=Cc2ccccc2)cc1. The number of carbonyl (C=O) groups excluding carboxylic acids is 1. The average Bonchev–Trinajstić information content (AvgIpc) is 2.88. The molecule has 4 aromatic carbocycles. The maximum atomic E-state index is 12.0. The molecule has 0 amide bonds. The zero-order valence-corrected chi connectivity index (χ0v) is 18.4. The highest BCUT2D eigenvalue weighted by molar-refractivity contribution is 5.91. The van der Waals surface area contributed by atoms with Crippen LogP contribution < -0.4 is 0 Å². The molecule has 0 N–H and O–H groups in total. The third-order valence-electron chi connectivity index (χ3n) is 5.00. The van der Waals surface area contributed by atoms with Gasteiger partial charge < -0.3 is 4.74 Å². The lowest BCUT2D eigenvalue weighted by Gasteiger charge is -2.09. The van der Waals surface area contributed by atoms with E-state index in [1.165, 1.54) is 0 Å². The summed E-state index contributed by atoms with van der Waals surface area (Å²) >= 11 is 0. The number of carbonyl (C=O) groups is 1. The average molecular weight is 433 g/mol. The van der Waals surface area contributed by atoms with Crippen LogP contribution in [0.5, 0.6) is 0 Å². The Balaban J connectivity index is 1.69. The topological polar surface area (TPSA) is 51.0 Å². The standard InChI is InChI=1S/C29H24N2O2/c1-2-33-29(32)25-15-13-24(14-16-25)27-19-26(30-20-22-9-5-3-6-10-22)17-18-28(27)31-21-23-11-7-4-8-12-23/h3-21H,2H2,1H3. The first-order valence-corrected chi connectivity index (χ1v) is 10.8. The Kier molecular flexibility index (Phi) is 7.18. The van der Waals surface area contributed by atoms with Crippen molar-refractivity contribution in [2.75, 3.05) is 6.61 Å². The van der Waals surface area contributed by atoms with Gasteiger partial charge in [0.05, 0.1) is 23.5 Å². The molecule has 0 atom stereocenters. The Morgan fingerprint density at radius 1 is 0.758 bits per heavy atom. The van der Waals surface area contributed by atoms with Crippen LogP contribution >= 0.6 is 0 Å². The second kappa shape index (κ2) is 10.8. The molecule has 0 spiro atoms. The van der Waals surface area contributed by atoms with Crippen molar-refractivity contribution in [1.82, 2.24) is 0 Å². The van der Waals surface area contributed by atoms with Gasteiger partial charge in [0.15, 0.2) is 0 Å². The lowest BCUT2D eigenvalue weighted by molar-refractivity contribution is 0.0526. The van der Waals surface area contributed by atoms with Crippen molar-refractivity contribution in [2.45, 2.75) is 6.92 Å². The van der Waals surface area contributed by atoms with E-state index < -0.39 is 0 Å². The van der Waals surface area contributed by atoms with Crippen molar-refractivity contribution in [1.29, 1.82) is 0 Å². The second-order valence-electron chi connectivity index (χ2n) is 7.34. The maximum absolute atomic E-state index is 12.0. The van der Waals surface area contributed by atoms with E-state index in [4.69, 9.17) is 9.73 Å². The molecule has 0 unspecified atom stereocenters. The van der Waals surface area contributed by atoms with Gasteiger partial charge in [0, 0.05) is 18.0 Å². The number of ether oxygens (including phenoxy) is 1. The monoisotopic (exact) mass is 432 g/mol. The molecular formula is C29H24N2O2. The lowest BCUT2D eigenvalue weighted by atomic mass is 10.0. The van der Waals surface area contributed by atoms with Gasteiger partial charge in [-0.15, -0.1) is 0 Å². The van der Waals surface area contributed by atoms with Gasteiger partial charge in [-0.05, 0) is 53.9 Å². The molecule has 0 aliphatic rings. The van der Waals surface area contributed by atoms with Crippen molar-refractivity contribution in [2.24, 2.45) is 9.98 Å². The summed E-state index contributed by atoms with van der Waals surface area (Å²) < 4.78 is 5.10. The highest BCUT2D eigenvalue weighted by Gasteiger charge is 2.09. The van der Waals surface area contributed by atoms with Crippen molar-refractivity contribution in [3.8, 4) is 11.1 Å². The van der Waals surface area contributed by atoms with Crippen molar-refractivity contribution in [3.63, 3.8) is 0 Å². The van der Waals surface area contributed by atoms with Crippen molar-refractivity contribution >= 4 is 29.8 Å². The number of benzene rings is 4. The molecule has 4 rings (SSSR count). The molecule has 0 saturated carbocycles. The molecule has 0 aliphatic heterocycles. The summed E-state index contributed by atoms with van der Waals surface area (Å²) in [6.45, 7) is 2.14. The predicted octanol–water partition coefficient (Wildman–Crippen LogP) is 7.03. The van der Waals surface area contributed by atoms with Crippen LogP contribution in [0, 0.1) is 0 Å². The van der Waals surface area contributed by atoms with E-state index in [-0.39, 0.29) is 5.97 Å². The fourth-order valence-corrected chi connectivity index (χ4v) is 3.32. The van der Waals surface area contributed by atoms with E-state index in [9.17, 15) is 4.79 Å². The Bertz CT molecular complexity index is 1260. The second-order valence-corrected chi connectivity index (χ2v) is 7.34. The molecule has 0 fully saturated rings. The van der Waals surface area contributed by atoms with Gasteiger partial charge in [-0.3, -0.25) is 9.98 Å². The molecule has 0 bridgehead atoms. The van der Waals surface area contributed by atoms with Gasteiger partial charge >= 0.3 is 5.97 Å². The van der Waals surface area contributed by atoms with Crippen LogP contribution in [-0.2, 0) is 4.74 Å². The smallest absolute Gasteiger partial charge is 0.338 e. The van der Waals surface area contributed by atoms with E-state index in [0.29, 0.717) is 12.2 Å². The molecule has 0 aliphatic carbocycles. The summed E-state index contributed by atoms with van der Waals surface area (Å²) in [5.74, 6) is -0.326.